The van der Waals surface area contributed by atoms with Crippen molar-refractivity contribution in [1.82, 2.24) is 15.0 Å². The zero-order valence-corrected chi connectivity index (χ0v) is 18.0. The van der Waals surface area contributed by atoms with E-state index in [9.17, 15) is 9.59 Å². The Morgan fingerprint density at radius 3 is 2.45 bits per heavy atom. The Morgan fingerprint density at radius 2 is 1.73 bits per heavy atom. The van der Waals surface area contributed by atoms with E-state index in [1.165, 1.54) is 12.1 Å². The van der Waals surface area contributed by atoms with Crippen molar-refractivity contribution in [2.45, 2.75) is 13.1 Å². The lowest BCUT2D eigenvalue weighted by molar-refractivity contribution is 0.0696. The van der Waals surface area contributed by atoms with Crippen molar-refractivity contribution in [3.8, 4) is 0 Å². The number of nitrogens with zero attached hydrogens (tertiary/aromatic N) is 2. The van der Waals surface area contributed by atoms with Crippen LogP contribution in [-0.2, 0) is 13.1 Å². The molecule has 0 spiro atoms. The summed E-state index contributed by atoms with van der Waals surface area (Å²) in [6, 6.07) is 17.6. The minimum Gasteiger partial charge on any atom is -0.478 e. The molecule has 0 aliphatic carbocycles. The minimum atomic E-state index is -0.991. The highest BCUT2D eigenvalue weighted by Gasteiger charge is 2.19. The van der Waals surface area contributed by atoms with Crippen LogP contribution in [0.15, 0.2) is 77.6 Å². The van der Waals surface area contributed by atoms with E-state index in [-0.39, 0.29) is 18.0 Å². The maximum Gasteiger partial charge on any atom is 0.335 e. The zero-order chi connectivity index (χ0) is 22.9. The largest absolute Gasteiger partial charge is 0.478 e. The van der Waals surface area contributed by atoms with Crippen molar-refractivity contribution < 1.29 is 19.2 Å². The number of carbonyl (C=O) groups is 2. The second kappa shape index (κ2) is 8.44. The van der Waals surface area contributed by atoms with Crippen LogP contribution in [0.2, 0.25) is 5.02 Å². The van der Waals surface area contributed by atoms with Crippen molar-refractivity contribution in [2.24, 2.45) is 0 Å². The van der Waals surface area contributed by atoms with E-state index in [0.29, 0.717) is 22.7 Å². The minimum absolute atomic E-state index is 0.197. The summed E-state index contributed by atoms with van der Waals surface area (Å²) in [6.07, 6.45) is 3.59. The molecule has 5 rings (SSSR count). The maximum absolute atomic E-state index is 13.2. The molecule has 0 bridgehead atoms. The Hall–Kier alpha value is -4.10. The molecule has 2 aromatic heterocycles. The second-order valence-electron chi connectivity index (χ2n) is 7.68. The number of carbonyl (C=O) groups excluding carboxylic acids is 1. The normalized spacial score (nSPS) is 11.2. The first-order chi connectivity index (χ1) is 16.0. The summed E-state index contributed by atoms with van der Waals surface area (Å²) in [7, 11) is 0. The first-order valence-electron chi connectivity index (χ1n) is 10.2. The van der Waals surface area contributed by atoms with Gasteiger partial charge >= 0.3 is 5.97 Å². The summed E-state index contributed by atoms with van der Waals surface area (Å²) in [4.78, 5) is 24.3. The van der Waals surface area contributed by atoms with E-state index in [1.54, 1.807) is 24.4 Å². The number of hydrogen-bond donors (Lipinski definition) is 2. The summed E-state index contributed by atoms with van der Waals surface area (Å²) in [5, 5.41) is 18.2. The van der Waals surface area contributed by atoms with Gasteiger partial charge in [-0.05, 0) is 47.5 Å². The number of fused-ring (bicyclic) bond motifs is 3. The molecule has 164 valence electrons. The van der Waals surface area contributed by atoms with Gasteiger partial charge in [0.15, 0.2) is 5.58 Å². The molecule has 2 N–H and O–H groups in total. The Balaban J connectivity index is 1.48. The van der Waals surface area contributed by atoms with Gasteiger partial charge in [-0.2, -0.15) is 0 Å². The maximum atomic E-state index is 13.2. The van der Waals surface area contributed by atoms with Crippen LogP contribution in [0, 0.1) is 0 Å². The number of rotatable bonds is 6. The highest BCUT2D eigenvalue weighted by atomic mass is 35.5. The Kier molecular flexibility index (Phi) is 5.32. The fraction of sp³-hybridized carbons (Fsp3) is 0.0800. The molecule has 33 heavy (non-hydrogen) atoms. The molecule has 2 heterocycles. The first kappa shape index (κ1) is 20.8. The number of aromatic nitrogens is 2. The Labute approximate surface area is 193 Å². The molecule has 1 amide bonds. The summed E-state index contributed by atoms with van der Waals surface area (Å²) < 4.78 is 7.36. The monoisotopic (exact) mass is 459 g/mol. The average molecular weight is 460 g/mol. The lowest BCUT2D eigenvalue weighted by Gasteiger charge is -2.11. The topological polar surface area (TPSA) is 97.4 Å². The summed E-state index contributed by atoms with van der Waals surface area (Å²) in [6.45, 7) is 0.820. The van der Waals surface area contributed by atoms with Gasteiger partial charge in [-0.25, -0.2) is 4.79 Å². The van der Waals surface area contributed by atoms with Gasteiger partial charge in [-0.1, -0.05) is 41.0 Å². The molecule has 0 saturated carbocycles. The SMILES string of the molecule is O=C(O)c1ccc(CNC(=O)c2cc3oncc3c3ccn(Cc4ccc(Cl)cc4)c23)cc1. The molecule has 7 nitrogen and oxygen atoms in total. The van der Waals surface area contributed by atoms with Gasteiger partial charge in [0.05, 0.1) is 28.2 Å². The van der Waals surface area contributed by atoms with Crippen LogP contribution in [0.25, 0.3) is 21.9 Å². The third-order valence-electron chi connectivity index (χ3n) is 5.55. The molecule has 5 aromatic rings. The van der Waals surface area contributed by atoms with Gasteiger partial charge in [0.2, 0.25) is 0 Å². The Bertz CT molecular complexity index is 1480. The van der Waals surface area contributed by atoms with E-state index in [4.69, 9.17) is 21.2 Å². The molecular formula is C25H18ClN3O4. The van der Waals surface area contributed by atoms with Crippen LogP contribution >= 0.6 is 11.6 Å². The molecule has 3 aromatic carbocycles. The van der Waals surface area contributed by atoms with Crippen LogP contribution in [0.5, 0.6) is 0 Å². The van der Waals surface area contributed by atoms with Crippen molar-refractivity contribution in [3.63, 3.8) is 0 Å². The second-order valence-corrected chi connectivity index (χ2v) is 8.12. The predicted molar refractivity (Wildman–Crippen MR) is 125 cm³/mol. The van der Waals surface area contributed by atoms with Crippen LogP contribution < -0.4 is 5.32 Å². The highest BCUT2D eigenvalue weighted by molar-refractivity contribution is 6.30. The molecule has 0 aliphatic rings. The van der Waals surface area contributed by atoms with Crippen LogP contribution in [0.3, 0.4) is 0 Å². The van der Waals surface area contributed by atoms with Crippen molar-refractivity contribution >= 4 is 45.3 Å². The third-order valence-corrected chi connectivity index (χ3v) is 5.80. The first-order valence-corrected chi connectivity index (χ1v) is 10.6. The molecule has 0 aliphatic heterocycles. The van der Waals surface area contributed by atoms with Gasteiger partial charge in [-0.15, -0.1) is 0 Å². The molecule has 0 fully saturated rings. The zero-order valence-electron chi connectivity index (χ0n) is 17.3. The van der Waals surface area contributed by atoms with E-state index >= 15 is 0 Å². The summed E-state index contributed by atoms with van der Waals surface area (Å²) >= 11 is 6.01. The van der Waals surface area contributed by atoms with E-state index < -0.39 is 5.97 Å². The number of amides is 1. The van der Waals surface area contributed by atoms with Gasteiger partial charge in [0.1, 0.15) is 0 Å². The smallest absolute Gasteiger partial charge is 0.335 e. The van der Waals surface area contributed by atoms with Crippen molar-refractivity contribution in [2.75, 3.05) is 0 Å². The number of nitrogens with one attached hydrogen (secondary N) is 1. The molecule has 8 heteroatoms. The molecule has 0 atom stereocenters. The number of benzene rings is 3. The fourth-order valence-corrected chi connectivity index (χ4v) is 4.00. The average Bonchev–Trinajstić information content (AvgIpc) is 3.45. The van der Waals surface area contributed by atoms with Crippen LogP contribution in [0.4, 0.5) is 0 Å². The van der Waals surface area contributed by atoms with Gasteiger partial charge < -0.3 is 19.5 Å². The van der Waals surface area contributed by atoms with Gasteiger partial charge in [0.25, 0.3) is 5.91 Å². The summed E-state index contributed by atoms with van der Waals surface area (Å²) in [5.41, 5.74) is 3.81. The molecule has 0 unspecified atom stereocenters. The molecule has 0 radical (unpaired) electrons. The quantitative estimate of drug-likeness (QED) is 0.367. The van der Waals surface area contributed by atoms with Crippen LogP contribution in [0.1, 0.15) is 31.8 Å². The lowest BCUT2D eigenvalue weighted by Crippen LogP contribution is -2.23. The van der Waals surface area contributed by atoms with Gasteiger partial charge in [-0.3, -0.25) is 4.79 Å². The summed E-state index contributed by atoms with van der Waals surface area (Å²) in [5.74, 6) is -1.26. The van der Waals surface area contributed by atoms with Crippen molar-refractivity contribution in [1.29, 1.82) is 0 Å². The highest BCUT2D eigenvalue weighted by Crippen LogP contribution is 2.30. The number of carboxylic acids is 1. The Morgan fingerprint density at radius 1 is 1.00 bits per heavy atom. The van der Waals surface area contributed by atoms with E-state index in [1.807, 2.05) is 41.1 Å². The number of carboxylic acid groups (broad SMARTS) is 1. The number of aromatic carboxylic acids is 1. The fourth-order valence-electron chi connectivity index (χ4n) is 3.88. The van der Waals surface area contributed by atoms with Crippen molar-refractivity contribution in [3.05, 3.63) is 100 Å². The number of hydrogen-bond acceptors (Lipinski definition) is 4. The predicted octanol–water partition coefficient (Wildman–Crippen LogP) is 5.11. The third kappa shape index (κ3) is 4.06. The van der Waals surface area contributed by atoms with E-state index in [2.05, 4.69) is 10.5 Å². The molecular weight excluding hydrogens is 442 g/mol. The molecule has 0 saturated heterocycles. The van der Waals surface area contributed by atoms with Gasteiger partial charge in [0, 0.05) is 29.7 Å². The standard InChI is InChI=1S/C25H18ClN3O4/c26-18-7-3-16(4-8-18)14-29-10-9-19-21-13-28-33-22(21)11-20(23(19)29)24(30)27-12-15-1-5-17(6-2-15)25(31)32/h1-11,13H,12,14H2,(H,27,30)(H,31,32). The van der Waals surface area contributed by atoms with E-state index in [0.717, 1.165) is 27.4 Å². The lowest BCUT2D eigenvalue weighted by atomic mass is 10.1. The van der Waals surface area contributed by atoms with Crippen LogP contribution in [-0.4, -0.2) is 26.7 Å². The number of halogens is 1.